The fourth-order valence-electron chi connectivity index (χ4n) is 1.16. The first-order valence-electron chi connectivity index (χ1n) is 5.17. The minimum Gasteiger partial charge on any atom is -0.486 e. The van der Waals surface area contributed by atoms with Gasteiger partial charge in [-0.3, -0.25) is 5.10 Å². The third-order valence-corrected chi connectivity index (χ3v) is 1.95. The second kappa shape index (κ2) is 6.79. The van der Waals surface area contributed by atoms with Gasteiger partial charge in [-0.2, -0.15) is 4.98 Å². The molecule has 0 aliphatic rings. The summed E-state index contributed by atoms with van der Waals surface area (Å²) in [4.78, 5) is 12.3. The molecule has 2 aromatic rings. The van der Waals surface area contributed by atoms with Crippen LogP contribution < -0.4 is 10.5 Å². The Kier molecular flexibility index (Phi) is 5.08. The molecule has 0 aliphatic carbocycles. The lowest BCUT2D eigenvalue weighted by Gasteiger charge is -2.03. The summed E-state index contributed by atoms with van der Waals surface area (Å²) < 4.78 is 5.47. The van der Waals surface area contributed by atoms with E-state index in [1.165, 1.54) is 5.56 Å². The highest BCUT2D eigenvalue weighted by molar-refractivity contribution is 5.26. The number of aromatic amines is 1. The third kappa shape index (κ3) is 5.86. The van der Waals surface area contributed by atoms with Crippen molar-refractivity contribution >= 4 is 5.95 Å². The van der Waals surface area contributed by atoms with E-state index in [1.54, 1.807) is 0 Å². The van der Waals surface area contributed by atoms with Gasteiger partial charge in [0.05, 0.1) is 0 Å². The van der Waals surface area contributed by atoms with E-state index >= 15 is 0 Å². The van der Waals surface area contributed by atoms with Crippen molar-refractivity contribution < 1.29 is 15.0 Å². The van der Waals surface area contributed by atoms with Crippen molar-refractivity contribution in [1.82, 2.24) is 15.2 Å². The molecule has 102 valence electrons. The number of nitrogen functional groups attached to an aromatic ring is 1. The number of benzene rings is 1. The predicted molar refractivity (Wildman–Crippen MR) is 65.1 cm³/mol. The maximum Gasteiger partial charge on any atom is 0.291 e. The second-order valence-electron chi connectivity index (χ2n) is 3.48. The smallest absolute Gasteiger partial charge is 0.291 e. The highest BCUT2D eigenvalue weighted by Gasteiger charge is 2.00. The maximum absolute atomic E-state index is 8.36. The van der Waals surface area contributed by atoms with Gasteiger partial charge in [-0.05, 0) is 19.1 Å². The van der Waals surface area contributed by atoms with Crippen molar-refractivity contribution in [3.05, 3.63) is 45.8 Å². The van der Waals surface area contributed by atoms with E-state index in [2.05, 4.69) is 15.2 Å². The summed E-state index contributed by atoms with van der Waals surface area (Å²) in [6.45, 7) is 2.37. The van der Waals surface area contributed by atoms with Crippen molar-refractivity contribution in [1.29, 1.82) is 0 Å². The summed E-state index contributed by atoms with van der Waals surface area (Å²) in [5.41, 5.74) is 6.56. The standard InChI is InChI=1S/C10H12N4O.HNO3/c1-7-2-4-8(5-3-7)15-6-9-12-10(11)14-13-9;2-1(3)4/h2-5H,6H2,1H3,(H3,11,12,13,14);(H,2,3,4). The summed E-state index contributed by atoms with van der Waals surface area (Å²) in [6.07, 6.45) is 0. The van der Waals surface area contributed by atoms with Crippen LogP contribution in [0.3, 0.4) is 0 Å². The number of hydrogen-bond acceptors (Lipinski definition) is 6. The highest BCUT2D eigenvalue weighted by Crippen LogP contribution is 2.12. The molecule has 0 aliphatic heterocycles. The largest absolute Gasteiger partial charge is 0.486 e. The van der Waals surface area contributed by atoms with Crippen LogP contribution in [-0.2, 0) is 6.61 Å². The van der Waals surface area contributed by atoms with Crippen LogP contribution in [-0.4, -0.2) is 25.5 Å². The Morgan fingerprint density at radius 2 is 2.05 bits per heavy atom. The van der Waals surface area contributed by atoms with Crippen LogP contribution in [0.15, 0.2) is 24.3 Å². The van der Waals surface area contributed by atoms with E-state index in [9.17, 15) is 0 Å². The van der Waals surface area contributed by atoms with Crippen molar-refractivity contribution in [2.45, 2.75) is 13.5 Å². The summed E-state index contributed by atoms with van der Waals surface area (Å²) >= 11 is 0. The first kappa shape index (κ1) is 14.2. The Morgan fingerprint density at radius 3 is 2.53 bits per heavy atom. The summed E-state index contributed by atoms with van der Waals surface area (Å²) in [5, 5.41) is 20.0. The second-order valence-corrected chi connectivity index (χ2v) is 3.48. The normalized spacial score (nSPS) is 9.32. The molecule has 0 spiro atoms. The lowest BCUT2D eigenvalue weighted by Crippen LogP contribution is -1.97. The van der Waals surface area contributed by atoms with Crippen LogP contribution in [0.5, 0.6) is 5.75 Å². The van der Waals surface area contributed by atoms with Crippen LogP contribution in [0.25, 0.3) is 0 Å². The van der Waals surface area contributed by atoms with Crippen LogP contribution in [0, 0.1) is 17.0 Å². The number of aromatic nitrogens is 3. The van der Waals surface area contributed by atoms with E-state index in [0.29, 0.717) is 12.4 Å². The Balaban J connectivity index is 0.000000399. The number of rotatable bonds is 3. The van der Waals surface area contributed by atoms with E-state index < -0.39 is 5.09 Å². The molecule has 19 heavy (non-hydrogen) atoms. The van der Waals surface area contributed by atoms with Gasteiger partial charge in [-0.1, -0.05) is 17.7 Å². The highest BCUT2D eigenvalue weighted by atomic mass is 16.9. The third-order valence-electron chi connectivity index (χ3n) is 1.95. The van der Waals surface area contributed by atoms with Gasteiger partial charge in [0.1, 0.15) is 12.4 Å². The molecule has 0 saturated heterocycles. The zero-order chi connectivity index (χ0) is 14.3. The fourth-order valence-corrected chi connectivity index (χ4v) is 1.16. The molecule has 9 heteroatoms. The number of aryl methyl sites for hydroxylation is 1. The molecule has 0 atom stereocenters. The molecule has 2 rings (SSSR count). The monoisotopic (exact) mass is 267 g/mol. The zero-order valence-corrected chi connectivity index (χ0v) is 10.1. The van der Waals surface area contributed by atoms with Crippen molar-refractivity contribution in [3.63, 3.8) is 0 Å². The molecule has 1 aromatic carbocycles. The zero-order valence-electron chi connectivity index (χ0n) is 10.1. The molecule has 4 N–H and O–H groups in total. The first-order valence-corrected chi connectivity index (χ1v) is 5.17. The number of nitrogens with zero attached hydrogens (tertiary/aromatic N) is 3. The van der Waals surface area contributed by atoms with E-state index in [-0.39, 0.29) is 5.95 Å². The molecule has 0 unspecified atom stereocenters. The molecule has 1 heterocycles. The van der Waals surface area contributed by atoms with E-state index in [0.717, 1.165) is 5.75 Å². The number of nitrogens with one attached hydrogen (secondary N) is 1. The van der Waals surface area contributed by atoms with Crippen molar-refractivity contribution in [2.75, 3.05) is 5.73 Å². The summed E-state index contributed by atoms with van der Waals surface area (Å²) in [6, 6.07) is 7.80. The van der Waals surface area contributed by atoms with Crippen LogP contribution in [0.2, 0.25) is 0 Å². The van der Waals surface area contributed by atoms with Crippen LogP contribution in [0.1, 0.15) is 11.4 Å². The average molecular weight is 267 g/mol. The number of nitrogens with two attached hydrogens (primary N) is 1. The number of ether oxygens (including phenoxy) is 1. The Bertz CT molecular complexity index is 521. The van der Waals surface area contributed by atoms with Crippen molar-refractivity contribution in [3.8, 4) is 5.75 Å². The summed E-state index contributed by atoms with van der Waals surface area (Å²) in [7, 11) is 0. The molecular weight excluding hydrogens is 254 g/mol. The molecule has 0 radical (unpaired) electrons. The number of hydrogen-bond donors (Lipinski definition) is 3. The lowest BCUT2D eigenvalue weighted by atomic mass is 10.2. The van der Waals surface area contributed by atoms with Gasteiger partial charge < -0.3 is 15.7 Å². The molecule has 0 amide bonds. The number of anilines is 1. The minimum atomic E-state index is -1.50. The van der Waals surface area contributed by atoms with Gasteiger partial charge in [0.15, 0.2) is 5.82 Å². The van der Waals surface area contributed by atoms with E-state index in [1.807, 2.05) is 31.2 Å². The minimum absolute atomic E-state index is 0.234. The molecule has 9 nitrogen and oxygen atoms in total. The topological polar surface area (TPSA) is 140 Å². The van der Waals surface area contributed by atoms with Gasteiger partial charge >= 0.3 is 0 Å². The predicted octanol–water partition coefficient (Wildman–Crippen LogP) is 0.927. The van der Waals surface area contributed by atoms with Gasteiger partial charge in [0, 0.05) is 0 Å². The number of H-pyrrole nitrogens is 1. The summed E-state index contributed by atoms with van der Waals surface area (Å²) in [5.74, 6) is 1.65. The Labute approximate surface area is 108 Å². The lowest BCUT2D eigenvalue weighted by molar-refractivity contribution is -0.742. The maximum atomic E-state index is 8.36. The van der Waals surface area contributed by atoms with E-state index in [4.69, 9.17) is 25.8 Å². The molecule has 0 saturated carbocycles. The van der Waals surface area contributed by atoms with Gasteiger partial charge in [0.25, 0.3) is 5.09 Å². The fraction of sp³-hybridized carbons (Fsp3) is 0.200. The van der Waals surface area contributed by atoms with Crippen LogP contribution >= 0.6 is 0 Å². The molecule has 0 bridgehead atoms. The van der Waals surface area contributed by atoms with Gasteiger partial charge in [0.2, 0.25) is 5.95 Å². The van der Waals surface area contributed by atoms with Gasteiger partial charge in [-0.25, -0.2) is 0 Å². The SMILES string of the molecule is Cc1ccc(OCc2nc(N)n[nH]2)cc1.O=[N+]([O-])O. The van der Waals surface area contributed by atoms with Crippen molar-refractivity contribution in [2.24, 2.45) is 0 Å². The Morgan fingerprint density at radius 1 is 1.47 bits per heavy atom. The molecule has 1 aromatic heterocycles. The quantitative estimate of drug-likeness (QED) is 0.554. The Hall–Kier alpha value is -2.84. The molecule has 0 fully saturated rings. The van der Waals surface area contributed by atoms with Gasteiger partial charge in [-0.15, -0.1) is 15.2 Å². The molecular formula is C10H13N5O4. The first-order chi connectivity index (χ1) is 8.97. The van der Waals surface area contributed by atoms with Crippen LogP contribution in [0.4, 0.5) is 5.95 Å². The average Bonchev–Trinajstić information content (AvgIpc) is 2.74.